The van der Waals surface area contributed by atoms with E-state index in [-0.39, 0.29) is 6.04 Å². The number of nitrogens with one attached hydrogen (secondary N) is 1. The summed E-state index contributed by atoms with van der Waals surface area (Å²) in [6.45, 7) is 3.42. The summed E-state index contributed by atoms with van der Waals surface area (Å²) in [5, 5.41) is 10.9. The van der Waals surface area contributed by atoms with Crippen LogP contribution in [-0.2, 0) is 4.79 Å². The third-order valence-corrected chi connectivity index (χ3v) is 5.11. The number of pyridine rings is 1. The molecule has 7 nitrogen and oxygen atoms in total. The summed E-state index contributed by atoms with van der Waals surface area (Å²) in [6, 6.07) is 0.991. The minimum atomic E-state index is -0.909. The zero-order chi connectivity index (χ0) is 19.3. The van der Waals surface area contributed by atoms with E-state index in [9.17, 15) is 14.3 Å². The lowest BCUT2D eigenvalue weighted by Crippen LogP contribution is -2.21. The van der Waals surface area contributed by atoms with E-state index in [0.29, 0.717) is 38.5 Å². The molecule has 0 unspecified atom stereocenters. The van der Waals surface area contributed by atoms with Crippen LogP contribution in [0.4, 0.5) is 4.39 Å². The molecule has 9 heteroatoms. The number of carbonyl (C=O) groups is 1. The number of H-pyrrole nitrogens is 1. The Kier molecular flexibility index (Phi) is 4.07. The van der Waals surface area contributed by atoms with Crippen molar-refractivity contribution < 1.29 is 14.3 Å². The van der Waals surface area contributed by atoms with E-state index in [1.54, 1.807) is 37.0 Å². The number of fused-ring (bicyclic) bond motifs is 2. The van der Waals surface area contributed by atoms with Crippen molar-refractivity contribution in [2.45, 2.75) is 19.9 Å². The average Bonchev–Trinajstić information content (AvgIpc) is 3.21. The topological polar surface area (TPSA) is 96.7 Å². The number of carboxylic acids is 1. The van der Waals surface area contributed by atoms with Crippen molar-refractivity contribution in [3.05, 3.63) is 41.7 Å². The van der Waals surface area contributed by atoms with Crippen LogP contribution in [0.25, 0.3) is 33.5 Å². The summed E-state index contributed by atoms with van der Waals surface area (Å²) >= 11 is 6.29. The second-order valence-electron chi connectivity index (χ2n) is 6.43. The molecular formula is C18H15ClFN5O2. The molecule has 0 amide bonds. The third kappa shape index (κ3) is 2.82. The Morgan fingerprint density at radius 2 is 2.07 bits per heavy atom. The molecule has 0 saturated carbocycles. The highest BCUT2D eigenvalue weighted by molar-refractivity contribution is 6.35. The van der Waals surface area contributed by atoms with Crippen molar-refractivity contribution >= 4 is 39.6 Å². The van der Waals surface area contributed by atoms with Crippen LogP contribution >= 0.6 is 11.6 Å². The lowest BCUT2D eigenvalue weighted by Gasteiger charge is -2.18. The molecular weight excluding hydrogens is 373 g/mol. The monoisotopic (exact) mass is 387 g/mol. The van der Waals surface area contributed by atoms with Gasteiger partial charge >= 0.3 is 5.97 Å². The Morgan fingerprint density at radius 3 is 2.81 bits per heavy atom. The molecule has 4 heterocycles. The number of hydrogen-bond donors (Lipinski definition) is 2. The largest absolute Gasteiger partial charge is 0.481 e. The number of aliphatic carboxylic acids is 1. The Morgan fingerprint density at radius 1 is 1.30 bits per heavy atom. The Labute approximate surface area is 157 Å². The van der Waals surface area contributed by atoms with E-state index in [1.165, 1.54) is 6.07 Å². The summed E-state index contributed by atoms with van der Waals surface area (Å²) in [5.74, 6) is -1.64. The fraction of sp³-hybridized carbons (Fsp3) is 0.222. The van der Waals surface area contributed by atoms with E-state index in [1.807, 2.05) is 0 Å². The van der Waals surface area contributed by atoms with Crippen LogP contribution in [0.15, 0.2) is 30.9 Å². The smallest absolute Gasteiger partial charge is 0.308 e. The van der Waals surface area contributed by atoms with Crippen LogP contribution in [0, 0.1) is 11.7 Å². The van der Waals surface area contributed by atoms with Gasteiger partial charge in [-0.1, -0.05) is 11.6 Å². The number of nitrogens with zero attached hydrogens (tertiary/aromatic N) is 4. The van der Waals surface area contributed by atoms with Crippen molar-refractivity contribution in [1.82, 2.24) is 24.5 Å². The second-order valence-corrected chi connectivity index (χ2v) is 6.84. The second kappa shape index (κ2) is 6.31. The summed E-state index contributed by atoms with van der Waals surface area (Å²) in [7, 11) is 0. The molecule has 4 aromatic heterocycles. The maximum atomic E-state index is 13.6. The first-order valence-electron chi connectivity index (χ1n) is 8.25. The van der Waals surface area contributed by atoms with E-state index in [4.69, 9.17) is 11.6 Å². The number of aromatic nitrogens is 5. The maximum absolute atomic E-state index is 13.6. The van der Waals surface area contributed by atoms with Gasteiger partial charge in [-0.25, -0.2) is 19.3 Å². The Bertz CT molecular complexity index is 1190. The first-order valence-corrected chi connectivity index (χ1v) is 8.63. The van der Waals surface area contributed by atoms with Crippen molar-refractivity contribution in [1.29, 1.82) is 0 Å². The normalized spacial score (nSPS) is 13.9. The van der Waals surface area contributed by atoms with Crippen LogP contribution in [-0.4, -0.2) is 35.6 Å². The maximum Gasteiger partial charge on any atom is 0.308 e. The van der Waals surface area contributed by atoms with Gasteiger partial charge in [0.1, 0.15) is 17.1 Å². The molecule has 0 saturated heterocycles. The van der Waals surface area contributed by atoms with E-state index >= 15 is 0 Å². The summed E-state index contributed by atoms with van der Waals surface area (Å²) in [4.78, 5) is 27.3. The van der Waals surface area contributed by atoms with Gasteiger partial charge in [0.2, 0.25) is 0 Å². The standard InChI is InChI=1S/C18H15ClFN5O2/c1-8(18(26)27)9(2)25-7-14(19)13-6-23-16(24-17(13)25)12-5-22-15-11(12)3-10(20)4-21-15/h3-9H,1-2H3,(H,21,22)(H,26,27)/t8-,9-/m0/s1. The molecule has 0 aromatic carbocycles. The van der Waals surface area contributed by atoms with Crippen LogP contribution in [0.3, 0.4) is 0 Å². The molecule has 0 spiro atoms. The SMILES string of the molecule is C[C@H](C(=O)O)[C@H](C)n1cc(Cl)c2cnc(-c3c[nH]c4ncc(F)cc34)nc21. The highest BCUT2D eigenvalue weighted by atomic mass is 35.5. The first-order chi connectivity index (χ1) is 12.9. The quantitative estimate of drug-likeness (QED) is 0.550. The lowest BCUT2D eigenvalue weighted by molar-refractivity contribution is -0.142. The van der Waals surface area contributed by atoms with E-state index in [0.717, 1.165) is 6.20 Å². The van der Waals surface area contributed by atoms with Crippen molar-refractivity contribution in [3.8, 4) is 11.4 Å². The third-order valence-electron chi connectivity index (χ3n) is 4.81. The lowest BCUT2D eigenvalue weighted by atomic mass is 10.0. The number of hydrogen-bond acceptors (Lipinski definition) is 4. The van der Waals surface area contributed by atoms with Crippen molar-refractivity contribution in [3.63, 3.8) is 0 Å². The van der Waals surface area contributed by atoms with Gasteiger partial charge in [0.25, 0.3) is 0 Å². The molecule has 138 valence electrons. The molecule has 0 aliphatic heterocycles. The van der Waals surface area contributed by atoms with Gasteiger partial charge in [-0.2, -0.15) is 0 Å². The van der Waals surface area contributed by atoms with Gasteiger partial charge in [0.15, 0.2) is 5.82 Å². The van der Waals surface area contributed by atoms with Gasteiger partial charge in [-0.3, -0.25) is 4.79 Å². The summed E-state index contributed by atoms with van der Waals surface area (Å²) in [6.07, 6.45) is 6.04. The molecule has 4 rings (SSSR count). The summed E-state index contributed by atoms with van der Waals surface area (Å²) in [5.41, 5.74) is 1.64. The molecule has 0 aliphatic carbocycles. The van der Waals surface area contributed by atoms with Gasteiger partial charge in [0, 0.05) is 35.6 Å². The summed E-state index contributed by atoms with van der Waals surface area (Å²) < 4.78 is 15.3. The predicted octanol–water partition coefficient (Wildman–Crippen LogP) is 4.05. The highest BCUT2D eigenvalue weighted by Gasteiger charge is 2.24. The highest BCUT2D eigenvalue weighted by Crippen LogP contribution is 2.32. The van der Waals surface area contributed by atoms with Gasteiger partial charge in [0.05, 0.1) is 22.5 Å². The fourth-order valence-electron chi connectivity index (χ4n) is 3.04. The molecule has 0 radical (unpaired) electrons. The zero-order valence-electron chi connectivity index (χ0n) is 14.4. The molecule has 27 heavy (non-hydrogen) atoms. The predicted molar refractivity (Wildman–Crippen MR) is 99.1 cm³/mol. The number of rotatable bonds is 4. The van der Waals surface area contributed by atoms with Gasteiger partial charge in [-0.15, -0.1) is 0 Å². The minimum Gasteiger partial charge on any atom is -0.481 e. The fourth-order valence-corrected chi connectivity index (χ4v) is 3.28. The Balaban J connectivity index is 1.90. The number of halogens is 2. The minimum absolute atomic E-state index is 0.368. The van der Waals surface area contributed by atoms with Crippen LogP contribution < -0.4 is 0 Å². The average molecular weight is 388 g/mol. The molecule has 4 aromatic rings. The van der Waals surface area contributed by atoms with Crippen molar-refractivity contribution in [2.24, 2.45) is 5.92 Å². The molecule has 2 N–H and O–H groups in total. The van der Waals surface area contributed by atoms with Crippen LogP contribution in [0.2, 0.25) is 5.02 Å². The molecule has 0 fully saturated rings. The first kappa shape index (κ1) is 17.4. The number of aromatic amines is 1. The van der Waals surface area contributed by atoms with Crippen LogP contribution in [0.1, 0.15) is 19.9 Å². The molecule has 0 aliphatic rings. The molecule has 2 atom stereocenters. The van der Waals surface area contributed by atoms with Crippen molar-refractivity contribution in [2.75, 3.05) is 0 Å². The van der Waals surface area contributed by atoms with E-state index < -0.39 is 17.7 Å². The Hall–Kier alpha value is -3.00. The molecule has 0 bridgehead atoms. The van der Waals surface area contributed by atoms with Gasteiger partial charge < -0.3 is 14.7 Å². The number of carboxylic acid groups (broad SMARTS) is 1. The van der Waals surface area contributed by atoms with Gasteiger partial charge in [-0.05, 0) is 19.9 Å². The van der Waals surface area contributed by atoms with Crippen LogP contribution in [0.5, 0.6) is 0 Å². The zero-order valence-corrected chi connectivity index (χ0v) is 15.2. The van der Waals surface area contributed by atoms with E-state index in [2.05, 4.69) is 19.9 Å².